The van der Waals surface area contributed by atoms with Crippen molar-refractivity contribution < 1.29 is 9.53 Å². The highest BCUT2D eigenvalue weighted by Crippen LogP contribution is 2.11. The van der Waals surface area contributed by atoms with Crippen molar-refractivity contribution in [1.82, 2.24) is 20.3 Å². The molecule has 0 aliphatic heterocycles. The second kappa shape index (κ2) is 6.85. The molecule has 0 aliphatic rings. The van der Waals surface area contributed by atoms with Crippen LogP contribution in [0, 0.1) is 0 Å². The van der Waals surface area contributed by atoms with Gasteiger partial charge in [-0.1, -0.05) is 6.92 Å². The van der Waals surface area contributed by atoms with Crippen LogP contribution in [0.15, 0.2) is 0 Å². The largest absolute Gasteiger partial charge is 0.463 e. The first-order valence-electron chi connectivity index (χ1n) is 5.14. The van der Waals surface area contributed by atoms with Crippen LogP contribution in [0.25, 0.3) is 0 Å². The Morgan fingerprint density at radius 2 is 2.18 bits per heavy atom. The number of hydrogen-bond acceptors (Lipinski definition) is 6. The quantitative estimate of drug-likeness (QED) is 0.772. The summed E-state index contributed by atoms with van der Waals surface area (Å²) >= 11 is 5.70. The molecule has 1 rings (SSSR count). The number of carbonyl (C=O) groups excluding carboxylic acids is 1. The first-order chi connectivity index (χ1) is 8.15. The molecule has 2 N–H and O–H groups in total. The van der Waals surface area contributed by atoms with E-state index < -0.39 is 0 Å². The summed E-state index contributed by atoms with van der Waals surface area (Å²) < 4.78 is 5.22. The summed E-state index contributed by atoms with van der Waals surface area (Å²) in [5.74, 6) is 0.0252. The minimum atomic E-state index is -0.183. The van der Waals surface area contributed by atoms with E-state index in [-0.39, 0.29) is 29.7 Å². The van der Waals surface area contributed by atoms with Crippen LogP contribution in [0.4, 0.5) is 5.95 Å². The van der Waals surface area contributed by atoms with E-state index in [1.807, 2.05) is 6.92 Å². The van der Waals surface area contributed by atoms with Crippen LogP contribution in [0.2, 0.25) is 5.28 Å². The average Bonchev–Trinajstić information content (AvgIpc) is 2.32. The molecule has 8 heteroatoms. The second-order valence-corrected chi connectivity index (χ2v) is 3.42. The molecule has 94 valence electrons. The van der Waals surface area contributed by atoms with Crippen LogP contribution in [-0.2, 0) is 4.79 Å². The SMILES string of the molecule is CCCOc1nc(Cl)nc(NCC(=O)NC)n1. The molecular weight excluding hydrogens is 246 g/mol. The molecule has 1 amide bonds. The Labute approximate surface area is 104 Å². The van der Waals surface area contributed by atoms with Gasteiger partial charge in [-0.25, -0.2) is 0 Å². The van der Waals surface area contributed by atoms with E-state index in [2.05, 4.69) is 25.6 Å². The molecule has 1 heterocycles. The number of likely N-dealkylation sites (N-methyl/N-ethyl adjacent to an activating group) is 1. The lowest BCUT2D eigenvalue weighted by Crippen LogP contribution is -2.26. The predicted molar refractivity (Wildman–Crippen MR) is 63.2 cm³/mol. The Morgan fingerprint density at radius 1 is 1.41 bits per heavy atom. The number of amides is 1. The molecule has 17 heavy (non-hydrogen) atoms. The van der Waals surface area contributed by atoms with Gasteiger partial charge in [-0.05, 0) is 18.0 Å². The van der Waals surface area contributed by atoms with Crippen LogP contribution in [0.3, 0.4) is 0 Å². The lowest BCUT2D eigenvalue weighted by atomic mass is 10.5. The Hall–Kier alpha value is -1.63. The standard InChI is InChI=1S/C9H14ClN5O2/c1-3-4-17-9-14-7(10)13-8(15-9)12-5-6(16)11-2/h3-5H2,1-2H3,(H,11,16)(H,12,13,14,15). The van der Waals surface area contributed by atoms with Gasteiger partial charge in [0.15, 0.2) is 0 Å². The third-order valence-electron chi connectivity index (χ3n) is 1.71. The lowest BCUT2D eigenvalue weighted by molar-refractivity contribution is -0.118. The predicted octanol–water partition coefficient (Wildman–Crippen LogP) is 0.472. The highest BCUT2D eigenvalue weighted by molar-refractivity contribution is 6.28. The first-order valence-corrected chi connectivity index (χ1v) is 5.52. The first kappa shape index (κ1) is 13.4. The number of ether oxygens (including phenoxy) is 1. The summed E-state index contributed by atoms with van der Waals surface area (Å²) in [6.07, 6.45) is 0.838. The number of hydrogen-bond donors (Lipinski definition) is 2. The fourth-order valence-electron chi connectivity index (χ4n) is 0.917. The molecular formula is C9H14ClN5O2. The third kappa shape index (κ3) is 4.81. The Balaban J connectivity index is 2.65. The van der Waals surface area contributed by atoms with Crippen LogP contribution < -0.4 is 15.4 Å². The molecule has 0 unspecified atom stereocenters. The lowest BCUT2D eigenvalue weighted by Gasteiger charge is -2.06. The molecule has 0 saturated heterocycles. The zero-order chi connectivity index (χ0) is 12.7. The van der Waals surface area contributed by atoms with Crippen molar-refractivity contribution in [3.63, 3.8) is 0 Å². The van der Waals surface area contributed by atoms with Crippen molar-refractivity contribution in [3.05, 3.63) is 5.28 Å². The van der Waals surface area contributed by atoms with E-state index in [1.165, 1.54) is 0 Å². The van der Waals surface area contributed by atoms with E-state index in [1.54, 1.807) is 7.05 Å². The van der Waals surface area contributed by atoms with Gasteiger partial charge in [0, 0.05) is 7.05 Å². The number of rotatable bonds is 6. The van der Waals surface area contributed by atoms with Gasteiger partial charge >= 0.3 is 6.01 Å². The van der Waals surface area contributed by atoms with Crippen LogP contribution in [0.5, 0.6) is 6.01 Å². The van der Waals surface area contributed by atoms with E-state index in [0.717, 1.165) is 6.42 Å². The normalized spacial score (nSPS) is 9.82. The number of nitrogens with zero attached hydrogens (tertiary/aromatic N) is 3. The van der Waals surface area contributed by atoms with Crippen LogP contribution in [-0.4, -0.2) is 41.1 Å². The van der Waals surface area contributed by atoms with Gasteiger partial charge in [0.05, 0.1) is 13.2 Å². The summed E-state index contributed by atoms with van der Waals surface area (Å²) in [5, 5.41) is 5.20. The number of anilines is 1. The van der Waals surface area contributed by atoms with Gasteiger partial charge in [0.2, 0.25) is 17.1 Å². The van der Waals surface area contributed by atoms with Crippen molar-refractivity contribution in [2.24, 2.45) is 0 Å². The third-order valence-corrected chi connectivity index (χ3v) is 1.88. The van der Waals surface area contributed by atoms with Crippen LogP contribution in [0.1, 0.15) is 13.3 Å². The summed E-state index contributed by atoms with van der Waals surface area (Å²) in [6, 6.07) is 0.145. The van der Waals surface area contributed by atoms with E-state index in [0.29, 0.717) is 6.61 Å². The Kier molecular flexibility index (Phi) is 5.41. The Bertz CT molecular complexity index is 388. The van der Waals surface area contributed by atoms with Crippen molar-refractivity contribution in [1.29, 1.82) is 0 Å². The van der Waals surface area contributed by atoms with E-state index in [4.69, 9.17) is 16.3 Å². The van der Waals surface area contributed by atoms with Gasteiger partial charge in [-0.15, -0.1) is 0 Å². The number of halogens is 1. The maximum Gasteiger partial charge on any atom is 0.322 e. The van der Waals surface area contributed by atoms with Crippen molar-refractivity contribution in [2.45, 2.75) is 13.3 Å². The van der Waals surface area contributed by atoms with Gasteiger partial charge < -0.3 is 15.4 Å². The molecule has 0 bridgehead atoms. The summed E-state index contributed by atoms with van der Waals surface area (Å²) in [7, 11) is 1.54. The van der Waals surface area contributed by atoms with Gasteiger partial charge in [-0.3, -0.25) is 4.79 Å². The van der Waals surface area contributed by atoms with E-state index >= 15 is 0 Å². The number of aromatic nitrogens is 3. The zero-order valence-electron chi connectivity index (χ0n) is 9.66. The maximum absolute atomic E-state index is 11.0. The highest BCUT2D eigenvalue weighted by Gasteiger charge is 2.06. The monoisotopic (exact) mass is 259 g/mol. The smallest absolute Gasteiger partial charge is 0.322 e. The van der Waals surface area contributed by atoms with Gasteiger partial charge in [0.1, 0.15) is 0 Å². The summed E-state index contributed by atoms with van der Waals surface area (Å²) in [6.45, 7) is 2.52. The molecule has 0 saturated carbocycles. The fourth-order valence-corrected chi connectivity index (χ4v) is 1.07. The molecule has 0 aromatic carbocycles. The molecule has 0 fully saturated rings. The average molecular weight is 260 g/mol. The van der Waals surface area contributed by atoms with E-state index in [9.17, 15) is 4.79 Å². The van der Waals surface area contributed by atoms with Gasteiger partial charge in [0.25, 0.3) is 0 Å². The molecule has 1 aromatic rings. The molecule has 0 spiro atoms. The van der Waals surface area contributed by atoms with Gasteiger partial charge in [-0.2, -0.15) is 15.0 Å². The molecule has 7 nitrogen and oxygen atoms in total. The van der Waals surface area contributed by atoms with Crippen LogP contribution >= 0.6 is 11.6 Å². The maximum atomic E-state index is 11.0. The minimum Gasteiger partial charge on any atom is -0.463 e. The van der Waals surface area contributed by atoms with Crippen molar-refractivity contribution in [2.75, 3.05) is 25.5 Å². The Morgan fingerprint density at radius 3 is 2.82 bits per heavy atom. The molecule has 0 radical (unpaired) electrons. The molecule has 0 atom stereocenters. The summed E-state index contributed by atoms with van der Waals surface area (Å²) in [4.78, 5) is 22.6. The number of carbonyl (C=O) groups is 1. The molecule has 0 aliphatic carbocycles. The fraction of sp³-hybridized carbons (Fsp3) is 0.556. The second-order valence-electron chi connectivity index (χ2n) is 3.09. The minimum absolute atomic E-state index is 0.0190. The van der Waals surface area contributed by atoms with Crippen molar-refractivity contribution in [3.8, 4) is 6.01 Å². The summed E-state index contributed by atoms with van der Waals surface area (Å²) in [5.41, 5.74) is 0. The zero-order valence-corrected chi connectivity index (χ0v) is 10.4. The molecule has 1 aromatic heterocycles. The van der Waals surface area contributed by atoms with Crippen molar-refractivity contribution >= 4 is 23.5 Å². The highest BCUT2D eigenvalue weighted by atomic mass is 35.5. The number of nitrogens with one attached hydrogen (secondary N) is 2. The topological polar surface area (TPSA) is 89.0 Å².